The van der Waals surface area contributed by atoms with Crippen molar-refractivity contribution >= 4 is 27.9 Å². The lowest BCUT2D eigenvalue weighted by Crippen LogP contribution is -2.33. The fraction of sp³-hybridized carbons (Fsp3) is 0.462. The van der Waals surface area contributed by atoms with Crippen LogP contribution in [0.4, 0.5) is 4.39 Å². The van der Waals surface area contributed by atoms with Crippen LogP contribution in [0.25, 0.3) is 0 Å². The SMILES string of the molecule is COC(=O)C(C(=O)OC(C)(C)C)c1nccc(Br)c1F. The number of pyridine rings is 1. The van der Waals surface area contributed by atoms with Gasteiger partial charge in [0, 0.05) is 6.20 Å². The molecule has 1 atom stereocenters. The Hall–Kier alpha value is -1.50. The highest BCUT2D eigenvalue weighted by molar-refractivity contribution is 9.10. The molecule has 0 fully saturated rings. The average Bonchev–Trinajstić information content (AvgIpc) is 2.32. The Morgan fingerprint density at radius 2 is 1.95 bits per heavy atom. The van der Waals surface area contributed by atoms with Crippen LogP contribution in [0, 0.1) is 5.82 Å². The number of hydrogen-bond acceptors (Lipinski definition) is 5. The molecule has 110 valence electrons. The molecule has 7 heteroatoms. The molecule has 0 aromatic carbocycles. The smallest absolute Gasteiger partial charge is 0.327 e. The van der Waals surface area contributed by atoms with Crippen molar-refractivity contribution in [3.05, 3.63) is 28.2 Å². The quantitative estimate of drug-likeness (QED) is 0.621. The van der Waals surface area contributed by atoms with E-state index in [0.29, 0.717) is 0 Å². The average molecular weight is 348 g/mol. The zero-order valence-corrected chi connectivity index (χ0v) is 13.2. The number of methoxy groups -OCH3 is 1. The number of nitrogens with zero attached hydrogens (tertiary/aromatic N) is 1. The minimum atomic E-state index is -1.56. The van der Waals surface area contributed by atoms with E-state index in [1.54, 1.807) is 20.8 Å². The van der Waals surface area contributed by atoms with Crippen molar-refractivity contribution in [1.82, 2.24) is 4.98 Å². The minimum Gasteiger partial charge on any atom is -0.468 e. The van der Waals surface area contributed by atoms with Crippen LogP contribution in [0.5, 0.6) is 0 Å². The van der Waals surface area contributed by atoms with Crippen LogP contribution in [0.15, 0.2) is 16.7 Å². The van der Waals surface area contributed by atoms with E-state index in [2.05, 4.69) is 25.7 Å². The molecule has 0 radical (unpaired) electrons. The maximum absolute atomic E-state index is 14.0. The molecule has 0 bridgehead atoms. The normalized spacial score (nSPS) is 12.7. The number of esters is 2. The summed E-state index contributed by atoms with van der Waals surface area (Å²) < 4.78 is 23.8. The molecule has 20 heavy (non-hydrogen) atoms. The summed E-state index contributed by atoms with van der Waals surface area (Å²) in [5, 5.41) is 0. The highest BCUT2D eigenvalue weighted by Gasteiger charge is 2.37. The van der Waals surface area contributed by atoms with E-state index in [0.717, 1.165) is 7.11 Å². The van der Waals surface area contributed by atoms with Crippen LogP contribution in [-0.4, -0.2) is 29.6 Å². The number of hydrogen-bond donors (Lipinski definition) is 0. The predicted molar refractivity (Wildman–Crippen MR) is 72.5 cm³/mol. The van der Waals surface area contributed by atoms with Crippen molar-refractivity contribution in [3.63, 3.8) is 0 Å². The number of halogens is 2. The van der Waals surface area contributed by atoms with Crippen LogP contribution in [0.3, 0.4) is 0 Å². The minimum absolute atomic E-state index is 0.0972. The van der Waals surface area contributed by atoms with Crippen molar-refractivity contribution in [3.8, 4) is 0 Å². The molecular formula is C13H15BrFNO4. The fourth-order valence-electron chi connectivity index (χ4n) is 1.43. The third-order valence-corrected chi connectivity index (χ3v) is 2.83. The van der Waals surface area contributed by atoms with Crippen LogP contribution in [0.2, 0.25) is 0 Å². The van der Waals surface area contributed by atoms with Crippen LogP contribution < -0.4 is 0 Å². The Morgan fingerprint density at radius 3 is 2.45 bits per heavy atom. The standard InChI is InChI=1S/C13H15BrFNO4/c1-13(2,3)20-12(18)8(11(17)19-4)10-9(15)7(14)5-6-16-10/h5-6,8H,1-4H3. The Kier molecular flexibility index (Phi) is 5.21. The molecule has 0 aliphatic rings. The zero-order chi connectivity index (χ0) is 15.5. The first-order valence-electron chi connectivity index (χ1n) is 5.78. The number of carbonyl (C=O) groups is 2. The van der Waals surface area contributed by atoms with E-state index in [1.807, 2.05) is 0 Å². The lowest BCUT2D eigenvalue weighted by molar-refractivity contribution is -0.163. The molecule has 1 heterocycles. The van der Waals surface area contributed by atoms with E-state index in [1.165, 1.54) is 12.3 Å². The highest BCUT2D eigenvalue weighted by atomic mass is 79.9. The Labute approximate surface area is 124 Å². The second-order valence-corrected chi connectivity index (χ2v) is 5.84. The lowest BCUT2D eigenvalue weighted by atomic mass is 10.0. The summed E-state index contributed by atoms with van der Waals surface area (Å²) in [7, 11) is 1.11. The van der Waals surface area contributed by atoms with Crippen LogP contribution in [0.1, 0.15) is 32.4 Å². The van der Waals surface area contributed by atoms with Crippen LogP contribution >= 0.6 is 15.9 Å². The molecule has 5 nitrogen and oxygen atoms in total. The predicted octanol–water partition coefficient (Wildman–Crippen LogP) is 2.58. The molecule has 1 unspecified atom stereocenters. The first-order valence-corrected chi connectivity index (χ1v) is 6.57. The molecule has 0 aliphatic carbocycles. The molecule has 0 amide bonds. The first-order chi connectivity index (χ1) is 9.17. The van der Waals surface area contributed by atoms with Crippen molar-refractivity contribution in [2.24, 2.45) is 0 Å². The molecule has 0 N–H and O–H groups in total. The van der Waals surface area contributed by atoms with Gasteiger partial charge in [-0.1, -0.05) is 0 Å². The summed E-state index contributed by atoms with van der Waals surface area (Å²) in [5.74, 6) is -4.19. The monoisotopic (exact) mass is 347 g/mol. The summed E-state index contributed by atoms with van der Waals surface area (Å²) in [5.41, 5.74) is -1.15. The van der Waals surface area contributed by atoms with Crippen molar-refractivity contribution in [2.45, 2.75) is 32.3 Å². The topological polar surface area (TPSA) is 65.5 Å². The van der Waals surface area contributed by atoms with Gasteiger partial charge in [-0.15, -0.1) is 0 Å². The Balaban J connectivity index is 3.23. The molecule has 0 saturated heterocycles. The maximum Gasteiger partial charge on any atom is 0.327 e. The second kappa shape index (κ2) is 6.30. The van der Waals surface area contributed by atoms with Gasteiger partial charge in [0.2, 0.25) is 0 Å². The van der Waals surface area contributed by atoms with Crippen molar-refractivity contribution < 1.29 is 23.5 Å². The third kappa shape index (κ3) is 4.00. The lowest BCUT2D eigenvalue weighted by Gasteiger charge is -2.22. The maximum atomic E-state index is 14.0. The molecule has 0 saturated carbocycles. The largest absolute Gasteiger partial charge is 0.468 e. The Bertz CT molecular complexity index is 528. The van der Waals surface area contributed by atoms with Gasteiger partial charge in [-0.2, -0.15) is 0 Å². The fourth-order valence-corrected chi connectivity index (χ4v) is 1.76. The van der Waals surface area contributed by atoms with E-state index >= 15 is 0 Å². The highest BCUT2D eigenvalue weighted by Crippen LogP contribution is 2.26. The van der Waals surface area contributed by atoms with Gasteiger partial charge in [0.1, 0.15) is 11.3 Å². The van der Waals surface area contributed by atoms with E-state index < -0.39 is 29.3 Å². The number of carbonyl (C=O) groups excluding carboxylic acids is 2. The van der Waals surface area contributed by atoms with Crippen molar-refractivity contribution in [2.75, 3.05) is 7.11 Å². The van der Waals surface area contributed by atoms with E-state index in [9.17, 15) is 14.0 Å². The molecule has 1 aromatic heterocycles. The zero-order valence-electron chi connectivity index (χ0n) is 11.6. The number of aromatic nitrogens is 1. The third-order valence-electron chi connectivity index (χ3n) is 2.22. The molecule has 1 rings (SSSR count). The number of rotatable bonds is 3. The van der Waals surface area contributed by atoms with Gasteiger partial charge >= 0.3 is 11.9 Å². The van der Waals surface area contributed by atoms with Gasteiger partial charge < -0.3 is 9.47 Å². The van der Waals surface area contributed by atoms with Gasteiger partial charge in [-0.25, -0.2) is 4.39 Å². The summed E-state index contributed by atoms with van der Waals surface area (Å²) >= 11 is 2.98. The number of ether oxygens (including phenoxy) is 2. The van der Waals surface area contributed by atoms with Gasteiger partial charge in [0.25, 0.3) is 0 Å². The molecular weight excluding hydrogens is 333 g/mol. The molecule has 1 aromatic rings. The summed E-state index contributed by atoms with van der Waals surface area (Å²) in [6, 6.07) is 1.36. The van der Waals surface area contributed by atoms with E-state index in [4.69, 9.17) is 4.74 Å². The molecule has 0 spiro atoms. The summed E-state index contributed by atoms with van der Waals surface area (Å²) in [6.45, 7) is 4.93. The first kappa shape index (κ1) is 16.6. The van der Waals surface area contributed by atoms with Gasteiger partial charge in [0.15, 0.2) is 11.7 Å². The van der Waals surface area contributed by atoms with Crippen molar-refractivity contribution in [1.29, 1.82) is 0 Å². The summed E-state index contributed by atoms with van der Waals surface area (Å²) in [4.78, 5) is 27.6. The summed E-state index contributed by atoms with van der Waals surface area (Å²) in [6.07, 6.45) is 1.28. The molecule has 0 aliphatic heterocycles. The Morgan fingerprint density at radius 1 is 1.35 bits per heavy atom. The second-order valence-electron chi connectivity index (χ2n) is 4.98. The van der Waals surface area contributed by atoms with Gasteiger partial charge in [-0.3, -0.25) is 14.6 Å². The van der Waals surface area contributed by atoms with Gasteiger partial charge in [0.05, 0.1) is 11.6 Å². The van der Waals surface area contributed by atoms with E-state index in [-0.39, 0.29) is 10.2 Å². The van der Waals surface area contributed by atoms with Gasteiger partial charge in [-0.05, 0) is 42.8 Å². The van der Waals surface area contributed by atoms with Crippen LogP contribution in [-0.2, 0) is 19.1 Å².